The SMILES string of the molecule is CC(C)Oc1ccc(-c2nc(-c3cccc4c3CCC4)no2)cc1C#N.CNSCCN1CCNCC1. The van der Waals surface area contributed by atoms with Gasteiger partial charge in [0.15, 0.2) is 0 Å². The largest absolute Gasteiger partial charge is 0.490 e. The van der Waals surface area contributed by atoms with Crippen LogP contribution < -0.4 is 14.8 Å². The van der Waals surface area contributed by atoms with E-state index in [0.717, 1.165) is 31.5 Å². The molecule has 2 aliphatic rings. The standard InChI is InChI=1S/C21H19N3O2.C7H17N3S/c1-13(2)25-19-10-9-15(11-16(19)12-22)21-23-20(24-26-21)18-8-4-6-14-5-3-7-17(14)18;1-8-11-7-6-10-4-2-9-3-5-10/h4,6,8-11,13H,3,5,7H2,1-2H3;8-9H,2-7H2,1H3. The minimum atomic E-state index is 0.00290. The molecule has 9 heteroatoms. The Hall–Kier alpha value is -2.90. The first-order valence-corrected chi connectivity index (χ1v) is 13.9. The minimum Gasteiger partial charge on any atom is -0.490 e. The van der Waals surface area contributed by atoms with Gasteiger partial charge in [0.25, 0.3) is 5.89 Å². The number of aryl methyl sites for hydroxylation is 1. The molecule has 0 bridgehead atoms. The summed E-state index contributed by atoms with van der Waals surface area (Å²) in [7, 11) is 1.97. The van der Waals surface area contributed by atoms with Gasteiger partial charge in [-0.1, -0.05) is 35.3 Å². The lowest BCUT2D eigenvalue weighted by Crippen LogP contribution is -2.44. The van der Waals surface area contributed by atoms with Gasteiger partial charge in [0, 0.05) is 49.6 Å². The highest BCUT2D eigenvalue weighted by Gasteiger charge is 2.20. The molecule has 0 spiro atoms. The Morgan fingerprint density at radius 3 is 2.81 bits per heavy atom. The van der Waals surface area contributed by atoms with E-state index in [9.17, 15) is 5.26 Å². The lowest BCUT2D eigenvalue weighted by Gasteiger charge is -2.26. The van der Waals surface area contributed by atoms with Crippen LogP contribution in [0.15, 0.2) is 40.9 Å². The molecule has 5 rings (SSSR count). The van der Waals surface area contributed by atoms with Gasteiger partial charge >= 0.3 is 0 Å². The van der Waals surface area contributed by atoms with E-state index >= 15 is 0 Å². The van der Waals surface area contributed by atoms with E-state index in [4.69, 9.17) is 9.26 Å². The molecule has 2 N–H and O–H groups in total. The summed E-state index contributed by atoms with van der Waals surface area (Å²) in [6.45, 7) is 9.81. The summed E-state index contributed by atoms with van der Waals surface area (Å²) in [6, 6.07) is 13.8. The molecule has 37 heavy (non-hydrogen) atoms. The van der Waals surface area contributed by atoms with Crippen LogP contribution in [0.3, 0.4) is 0 Å². The Labute approximate surface area is 223 Å². The zero-order chi connectivity index (χ0) is 26.0. The quantitative estimate of drug-likeness (QED) is 0.332. The molecule has 8 nitrogen and oxygen atoms in total. The van der Waals surface area contributed by atoms with Gasteiger partial charge in [-0.2, -0.15) is 10.2 Å². The van der Waals surface area contributed by atoms with Crippen LogP contribution in [0, 0.1) is 11.3 Å². The summed E-state index contributed by atoms with van der Waals surface area (Å²) >= 11 is 1.79. The maximum Gasteiger partial charge on any atom is 0.258 e. The van der Waals surface area contributed by atoms with Crippen LogP contribution in [0.1, 0.15) is 37.0 Å². The Morgan fingerprint density at radius 2 is 2.05 bits per heavy atom. The molecule has 1 aliphatic carbocycles. The molecule has 1 aromatic heterocycles. The van der Waals surface area contributed by atoms with Gasteiger partial charge in [0.1, 0.15) is 11.8 Å². The highest BCUT2D eigenvalue weighted by Crippen LogP contribution is 2.33. The second-order valence-corrected chi connectivity index (χ2v) is 10.5. The number of hydrogen-bond acceptors (Lipinski definition) is 9. The molecule has 3 aromatic rings. The van der Waals surface area contributed by atoms with Crippen LogP contribution >= 0.6 is 11.9 Å². The summed E-state index contributed by atoms with van der Waals surface area (Å²) in [5.41, 5.74) is 4.89. The van der Waals surface area contributed by atoms with E-state index < -0.39 is 0 Å². The van der Waals surface area contributed by atoms with Gasteiger partial charge in [0.05, 0.1) is 11.7 Å². The highest BCUT2D eigenvalue weighted by atomic mass is 32.2. The molecule has 0 radical (unpaired) electrons. The number of fused-ring (bicyclic) bond motifs is 1. The molecular formula is C28H36N6O2S. The van der Waals surface area contributed by atoms with Crippen molar-refractivity contribution in [2.75, 3.05) is 45.5 Å². The van der Waals surface area contributed by atoms with Crippen LogP contribution in [-0.2, 0) is 12.8 Å². The van der Waals surface area contributed by atoms with E-state index in [1.165, 1.54) is 42.9 Å². The van der Waals surface area contributed by atoms with Crippen molar-refractivity contribution in [1.29, 1.82) is 5.26 Å². The van der Waals surface area contributed by atoms with Crippen molar-refractivity contribution in [3.63, 3.8) is 0 Å². The van der Waals surface area contributed by atoms with Crippen molar-refractivity contribution in [2.24, 2.45) is 0 Å². The number of nitrogens with zero attached hydrogens (tertiary/aromatic N) is 4. The van der Waals surface area contributed by atoms with Gasteiger partial charge in [-0.15, -0.1) is 0 Å². The van der Waals surface area contributed by atoms with E-state index in [-0.39, 0.29) is 6.10 Å². The summed E-state index contributed by atoms with van der Waals surface area (Å²) < 4.78 is 14.2. The summed E-state index contributed by atoms with van der Waals surface area (Å²) in [6.07, 6.45) is 3.33. The van der Waals surface area contributed by atoms with Gasteiger partial charge in [0.2, 0.25) is 5.82 Å². The van der Waals surface area contributed by atoms with E-state index in [0.29, 0.717) is 28.6 Å². The van der Waals surface area contributed by atoms with Crippen LogP contribution in [0.5, 0.6) is 5.75 Å². The van der Waals surface area contributed by atoms with E-state index in [1.807, 2.05) is 39.1 Å². The first-order valence-electron chi connectivity index (χ1n) is 13.0. The number of rotatable bonds is 8. The fraction of sp³-hybridized carbons (Fsp3) is 0.464. The van der Waals surface area contributed by atoms with Gasteiger partial charge < -0.3 is 14.6 Å². The zero-order valence-corrected chi connectivity index (χ0v) is 22.7. The fourth-order valence-electron chi connectivity index (χ4n) is 4.60. The van der Waals surface area contributed by atoms with Crippen LogP contribution in [0.25, 0.3) is 22.8 Å². The van der Waals surface area contributed by atoms with Gasteiger partial charge in [-0.05, 0) is 69.5 Å². The third-order valence-electron chi connectivity index (χ3n) is 6.39. The van der Waals surface area contributed by atoms with Crippen molar-refractivity contribution in [1.82, 2.24) is 25.1 Å². The fourth-order valence-corrected chi connectivity index (χ4v) is 5.15. The number of hydrogen-bond donors (Lipinski definition) is 2. The third kappa shape index (κ3) is 7.33. The molecular weight excluding hydrogens is 484 g/mol. The van der Waals surface area contributed by atoms with E-state index in [1.54, 1.807) is 24.1 Å². The summed E-state index contributed by atoms with van der Waals surface area (Å²) in [5.74, 6) is 2.76. The van der Waals surface area contributed by atoms with Gasteiger partial charge in [-0.25, -0.2) is 0 Å². The number of nitriles is 1. The number of piperazine rings is 1. The van der Waals surface area contributed by atoms with E-state index in [2.05, 4.69) is 37.2 Å². The normalized spacial score (nSPS) is 15.1. The van der Waals surface area contributed by atoms with Crippen molar-refractivity contribution in [3.8, 4) is 34.7 Å². The lowest BCUT2D eigenvalue weighted by molar-refractivity contribution is 0.241. The summed E-state index contributed by atoms with van der Waals surface area (Å²) in [5, 5.41) is 16.9. The smallest absolute Gasteiger partial charge is 0.258 e. The minimum absolute atomic E-state index is 0.00290. The molecule has 196 valence electrons. The predicted octanol–water partition coefficient (Wildman–Crippen LogP) is 4.31. The zero-order valence-electron chi connectivity index (χ0n) is 21.9. The number of nitrogens with one attached hydrogen (secondary N) is 2. The molecule has 0 amide bonds. The average molecular weight is 521 g/mol. The Kier molecular flexibility index (Phi) is 9.97. The molecule has 0 unspecified atom stereocenters. The van der Waals surface area contributed by atoms with Gasteiger partial charge in [-0.3, -0.25) is 9.62 Å². The summed E-state index contributed by atoms with van der Waals surface area (Å²) in [4.78, 5) is 7.07. The van der Waals surface area contributed by atoms with Crippen LogP contribution in [-0.4, -0.2) is 66.7 Å². The number of ether oxygens (including phenoxy) is 1. The first-order chi connectivity index (χ1) is 18.1. The molecule has 1 saturated heterocycles. The molecule has 2 heterocycles. The number of aromatic nitrogens is 2. The highest BCUT2D eigenvalue weighted by molar-refractivity contribution is 7.97. The molecule has 2 aromatic carbocycles. The third-order valence-corrected chi connectivity index (χ3v) is 7.06. The maximum atomic E-state index is 9.40. The molecule has 0 atom stereocenters. The Balaban J connectivity index is 0.000000245. The van der Waals surface area contributed by atoms with Crippen molar-refractivity contribution < 1.29 is 9.26 Å². The Bertz CT molecular complexity index is 1200. The van der Waals surface area contributed by atoms with Crippen molar-refractivity contribution in [2.45, 2.75) is 39.2 Å². The molecule has 1 fully saturated rings. The first kappa shape index (κ1) is 27.1. The average Bonchev–Trinajstić information content (AvgIpc) is 3.60. The molecule has 0 saturated carbocycles. The second kappa shape index (κ2) is 13.6. The monoisotopic (exact) mass is 520 g/mol. The second-order valence-electron chi connectivity index (χ2n) is 9.35. The maximum absolute atomic E-state index is 9.40. The lowest BCUT2D eigenvalue weighted by atomic mass is 10.0. The predicted molar refractivity (Wildman–Crippen MR) is 149 cm³/mol. The Morgan fingerprint density at radius 1 is 1.22 bits per heavy atom. The van der Waals surface area contributed by atoms with Crippen molar-refractivity contribution in [3.05, 3.63) is 53.1 Å². The molecule has 1 aliphatic heterocycles. The van der Waals surface area contributed by atoms with Crippen LogP contribution in [0.2, 0.25) is 0 Å². The topological polar surface area (TPSA) is 99.2 Å². The van der Waals surface area contributed by atoms with Crippen LogP contribution in [0.4, 0.5) is 0 Å². The number of benzene rings is 2. The van der Waals surface area contributed by atoms with Crippen molar-refractivity contribution >= 4 is 11.9 Å².